The Bertz CT molecular complexity index is 721. The van der Waals surface area contributed by atoms with Crippen LogP contribution in [0, 0.1) is 0 Å². The minimum absolute atomic E-state index is 0.0453. The van der Waals surface area contributed by atoms with Crippen LogP contribution in [0.15, 0.2) is 40.9 Å². The van der Waals surface area contributed by atoms with Gasteiger partial charge >= 0.3 is 0 Å². The van der Waals surface area contributed by atoms with Gasteiger partial charge in [0.1, 0.15) is 12.2 Å². The summed E-state index contributed by atoms with van der Waals surface area (Å²) >= 11 is 3.45. The van der Waals surface area contributed by atoms with Crippen molar-refractivity contribution in [2.75, 3.05) is 0 Å². The Morgan fingerprint density at radius 1 is 0.950 bits per heavy atom. The third-order valence-electron chi connectivity index (χ3n) is 4.04. The first-order valence-corrected chi connectivity index (χ1v) is 7.21. The van der Waals surface area contributed by atoms with Crippen LogP contribution in [0.25, 0.3) is 0 Å². The zero-order chi connectivity index (χ0) is 14.1. The van der Waals surface area contributed by atoms with Crippen molar-refractivity contribution >= 4 is 15.9 Å². The molecule has 0 aliphatic carbocycles. The molecule has 0 aromatic heterocycles. The van der Waals surface area contributed by atoms with Gasteiger partial charge in [-0.1, -0.05) is 34.1 Å². The highest BCUT2D eigenvalue weighted by molar-refractivity contribution is 9.10. The molecule has 0 N–H and O–H groups in total. The highest BCUT2D eigenvalue weighted by Crippen LogP contribution is 2.55. The molecule has 4 heteroatoms. The minimum Gasteiger partial charge on any atom is -0.356 e. The lowest BCUT2D eigenvalue weighted by Crippen LogP contribution is -2.10. The first kappa shape index (κ1) is 12.5. The Labute approximate surface area is 123 Å². The summed E-state index contributed by atoms with van der Waals surface area (Å²) in [5.74, 6) is -2.82. The Kier molecular flexibility index (Phi) is 2.43. The van der Waals surface area contributed by atoms with Crippen LogP contribution in [-0.2, 0) is 10.7 Å². The van der Waals surface area contributed by atoms with Crippen molar-refractivity contribution in [3.05, 3.63) is 68.7 Å². The quantitative estimate of drug-likeness (QED) is 0.705. The number of rotatable bonds is 1. The van der Waals surface area contributed by atoms with Crippen molar-refractivity contribution in [1.29, 1.82) is 0 Å². The smallest absolute Gasteiger partial charge is 0.270 e. The Balaban J connectivity index is 1.87. The predicted octanol–water partition coefficient (Wildman–Crippen LogP) is 5.08. The molecule has 0 saturated carbocycles. The molecule has 2 aromatic carbocycles. The summed E-state index contributed by atoms with van der Waals surface area (Å²) in [6, 6.07) is 10.9. The Hall–Kier alpha value is -1.26. The topological polar surface area (TPSA) is 9.23 Å². The van der Waals surface area contributed by atoms with E-state index in [-0.39, 0.29) is 17.8 Å². The van der Waals surface area contributed by atoms with Crippen LogP contribution >= 0.6 is 15.9 Å². The van der Waals surface area contributed by atoms with Gasteiger partial charge in [0.15, 0.2) is 0 Å². The summed E-state index contributed by atoms with van der Waals surface area (Å²) in [6.45, 7) is 0.924. The molecular weight excluding hydrogens is 326 g/mol. The molecule has 0 saturated heterocycles. The molecule has 4 rings (SSSR count). The molecule has 0 fully saturated rings. The first-order valence-electron chi connectivity index (χ1n) is 6.42. The maximum atomic E-state index is 13.5. The Morgan fingerprint density at radius 2 is 1.55 bits per heavy atom. The second-order valence-corrected chi connectivity index (χ2v) is 6.32. The van der Waals surface area contributed by atoms with Gasteiger partial charge < -0.3 is 4.74 Å². The number of hydrogen-bond donors (Lipinski definition) is 0. The Morgan fingerprint density at radius 3 is 2.25 bits per heavy atom. The lowest BCUT2D eigenvalue weighted by atomic mass is 9.85. The van der Waals surface area contributed by atoms with Crippen molar-refractivity contribution < 1.29 is 13.5 Å². The van der Waals surface area contributed by atoms with Gasteiger partial charge in [0.2, 0.25) is 0 Å². The van der Waals surface area contributed by atoms with Crippen LogP contribution in [-0.4, -0.2) is 0 Å². The van der Waals surface area contributed by atoms with E-state index in [9.17, 15) is 8.78 Å². The summed E-state index contributed by atoms with van der Waals surface area (Å²) < 4.78 is 33.9. The molecule has 2 aromatic rings. The van der Waals surface area contributed by atoms with E-state index < -0.39 is 5.92 Å². The molecule has 2 aliphatic rings. The van der Waals surface area contributed by atoms with Gasteiger partial charge in [-0.2, -0.15) is 0 Å². The van der Waals surface area contributed by atoms with Gasteiger partial charge in [-0.05, 0) is 40.5 Å². The van der Waals surface area contributed by atoms with Gasteiger partial charge in [-0.25, -0.2) is 8.78 Å². The zero-order valence-electron chi connectivity index (χ0n) is 10.7. The molecule has 102 valence electrons. The van der Waals surface area contributed by atoms with Gasteiger partial charge in [-0.15, -0.1) is 0 Å². The number of halogens is 3. The second kappa shape index (κ2) is 3.89. The summed E-state index contributed by atoms with van der Waals surface area (Å²) in [6.07, 6.45) is -0.331. The maximum Gasteiger partial charge on any atom is 0.270 e. The molecule has 1 nitrogen and oxygen atoms in total. The molecule has 2 aliphatic heterocycles. The molecule has 2 bridgehead atoms. The van der Waals surface area contributed by atoms with E-state index in [1.807, 2.05) is 18.2 Å². The SMILES string of the molecule is CC(F)(F)c1ccc2c(c1)[C@H]1O[C@@H]2c2ccc(Br)cc21. The first-order chi connectivity index (χ1) is 9.45. The van der Waals surface area contributed by atoms with E-state index in [2.05, 4.69) is 15.9 Å². The van der Waals surface area contributed by atoms with E-state index in [1.165, 1.54) is 6.07 Å². The summed E-state index contributed by atoms with van der Waals surface area (Å²) in [4.78, 5) is 0. The van der Waals surface area contributed by atoms with Crippen molar-refractivity contribution in [2.45, 2.75) is 25.1 Å². The van der Waals surface area contributed by atoms with Crippen LogP contribution in [0.3, 0.4) is 0 Å². The summed E-state index contributed by atoms with van der Waals surface area (Å²) in [7, 11) is 0. The number of fused-ring (bicyclic) bond motifs is 8. The van der Waals surface area contributed by atoms with Crippen LogP contribution in [0.5, 0.6) is 0 Å². The van der Waals surface area contributed by atoms with Gasteiger partial charge in [-0.3, -0.25) is 0 Å². The van der Waals surface area contributed by atoms with Gasteiger partial charge in [0, 0.05) is 17.0 Å². The average Bonchev–Trinajstić information content (AvgIpc) is 2.93. The second-order valence-electron chi connectivity index (χ2n) is 5.40. The van der Waals surface area contributed by atoms with E-state index in [4.69, 9.17) is 4.74 Å². The summed E-state index contributed by atoms with van der Waals surface area (Å²) in [5, 5.41) is 0. The number of hydrogen-bond acceptors (Lipinski definition) is 1. The van der Waals surface area contributed by atoms with Crippen molar-refractivity contribution in [1.82, 2.24) is 0 Å². The molecule has 20 heavy (non-hydrogen) atoms. The van der Waals surface area contributed by atoms with E-state index in [0.717, 1.165) is 33.7 Å². The molecule has 2 atom stereocenters. The molecular formula is C16H11BrF2O. The molecule has 0 unspecified atom stereocenters. The standard InChI is InChI=1S/C16H11BrF2O/c1-16(18,19)8-2-4-10-12(6-8)15-13-7-9(17)3-5-11(13)14(10)20-15/h2-7,14-15H,1H3/t14-,15+/m0/s1. The third-order valence-corrected chi connectivity index (χ3v) is 4.54. The maximum absolute atomic E-state index is 13.5. The van der Waals surface area contributed by atoms with E-state index >= 15 is 0 Å². The molecule has 0 amide bonds. The summed E-state index contributed by atoms with van der Waals surface area (Å²) in [5.41, 5.74) is 4.15. The highest BCUT2D eigenvalue weighted by Gasteiger charge is 2.43. The van der Waals surface area contributed by atoms with E-state index in [0.29, 0.717) is 0 Å². The number of benzene rings is 2. The predicted molar refractivity (Wildman–Crippen MR) is 74.9 cm³/mol. The third kappa shape index (κ3) is 1.61. The largest absolute Gasteiger partial charge is 0.356 e. The lowest BCUT2D eigenvalue weighted by molar-refractivity contribution is 0.0173. The number of ether oxygens (including phenoxy) is 1. The monoisotopic (exact) mass is 336 g/mol. The molecule has 2 heterocycles. The molecule has 0 radical (unpaired) electrons. The van der Waals surface area contributed by atoms with Crippen LogP contribution in [0.4, 0.5) is 8.78 Å². The lowest BCUT2D eigenvalue weighted by Gasteiger charge is -2.18. The highest BCUT2D eigenvalue weighted by atomic mass is 79.9. The fraction of sp³-hybridized carbons (Fsp3) is 0.250. The van der Waals surface area contributed by atoms with Crippen molar-refractivity contribution in [3.8, 4) is 0 Å². The fourth-order valence-electron chi connectivity index (χ4n) is 3.09. The van der Waals surface area contributed by atoms with E-state index in [1.54, 1.807) is 12.1 Å². The fourth-order valence-corrected chi connectivity index (χ4v) is 3.47. The van der Waals surface area contributed by atoms with Gasteiger partial charge in [0.05, 0.1) is 0 Å². The van der Waals surface area contributed by atoms with Crippen LogP contribution in [0.2, 0.25) is 0 Å². The van der Waals surface area contributed by atoms with Crippen LogP contribution < -0.4 is 0 Å². The molecule has 0 spiro atoms. The number of alkyl halides is 2. The van der Waals surface area contributed by atoms with Gasteiger partial charge in [0.25, 0.3) is 5.92 Å². The normalized spacial score (nSPS) is 22.8. The van der Waals surface area contributed by atoms with Crippen molar-refractivity contribution in [3.63, 3.8) is 0 Å². The minimum atomic E-state index is -2.82. The average molecular weight is 337 g/mol. The van der Waals surface area contributed by atoms with Crippen LogP contribution in [0.1, 0.15) is 46.9 Å². The van der Waals surface area contributed by atoms with Crippen molar-refractivity contribution in [2.24, 2.45) is 0 Å². The zero-order valence-corrected chi connectivity index (χ0v) is 12.2.